The molecule has 1 aliphatic rings. The molecule has 1 N–H and O–H groups in total. The second-order valence-electron chi connectivity index (χ2n) is 6.52. The molecule has 1 heterocycles. The molecular weight excluding hydrogens is 329 g/mol. The molecule has 0 saturated carbocycles. The fourth-order valence-electron chi connectivity index (χ4n) is 3.03. The highest BCUT2D eigenvalue weighted by Gasteiger charge is 2.22. The van der Waals surface area contributed by atoms with Crippen LogP contribution in [0.4, 0.5) is 4.39 Å². The van der Waals surface area contributed by atoms with Crippen molar-refractivity contribution in [3.8, 4) is 11.8 Å². The van der Waals surface area contributed by atoms with E-state index in [0.29, 0.717) is 17.0 Å². The smallest absolute Gasteiger partial charge is 0.251 e. The van der Waals surface area contributed by atoms with Gasteiger partial charge in [0.1, 0.15) is 5.82 Å². The van der Waals surface area contributed by atoms with E-state index in [1.54, 1.807) is 42.5 Å². The summed E-state index contributed by atoms with van der Waals surface area (Å²) in [5.74, 6) is 5.78. The minimum Gasteiger partial charge on any atom is -0.381 e. The molecule has 1 fully saturated rings. The summed E-state index contributed by atoms with van der Waals surface area (Å²) in [5, 5.41) is 3.07. The Balaban J connectivity index is 1.62. The zero-order valence-corrected chi connectivity index (χ0v) is 14.8. The van der Waals surface area contributed by atoms with Gasteiger partial charge in [-0.25, -0.2) is 4.39 Å². The van der Waals surface area contributed by atoms with Crippen molar-refractivity contribution in [2.75, 3.05) is 13.2 Å². The molecule has 2 aromatic carbocycles. The van der Waals surface area contributed by atoms with E-state index in [1.807, 2.05) is 6.92 Å². The number of benzene rings is 2. The third-order valence-corrected chi connectivity index (χ3v) is 4.69. The van der Waals surface area contributed by atoms with Gasteiger partial charge in [-0.2, -0.15) is 0 Å². The Morgan fingerprint density at radius 2 is 1.81 bits per heavy atom. The number of rotatable bonds is 3. The number of ether oxygens (including phenoxy) is 1. The second kappa shape index (κ2) is 8.64. The molecule has 1 unspecified atom stereocenters. The van der Waals surface area contributed by atoms with Gasteiger partial charge in [-0.05, 0) is 62.1 Å². The zero-order chi connectivity index (χ0) is 18.4. The number of hydrogen-bond acceptors (Lipinski definition) is 2. The Morgan fingerprint density at radius 1 is 1.12 bits per heavy atom. The Labute approximate surface area is 153 Å². The van der Waals surface area contributed by atoms with E-state index in [4.69, 9.17) is 4.74 Å². The molecule has 1 saturated heterocycles. The van der Waals surface area contributed by atoms with E-state index in [-0.39, 0.29) is 17.8 Å². The Bertz CT molecular complexity index is 814. The molecule has 4 heteroatoms. The summed E-state index contributed by atoms with van der Waals surface area (Å²) in [6.45, 7) is 3.57. The minimum absolute atomic E-state index is 0.0856. The monoisotopic (exact) mass is 351 g/mol. The average Bonchev–Trinajstić information content (AvgIpc) is 2.68. The molecular formula is C22H22FNO2. The van der Waals surface area contributed by atoms with Crippen LogP contribution in [0.1, 0.15) is 41.3 Å². The molecule has 1 aliphatic heterocycles. The lowest BCUT2D eigenvalue weighted by atomic mass is 9.93. The van der Waals surface area contributed by atoms with Crippen LogP contribution >= 0.6 is 0 Å². The summed E-state index contributed by atoms with van der Waals surface area (Å²) < 4.78 is 18.9. The van der Waals surface area contributed by atoms with Crippen molar-refractivity contribution in [1.82, 2.24) is 5.32 Å². The van der Waals surface area contributed by atoms with Crippen molar-refractivity contribution in [3.05, 3.63) is 71.0 Å². The first-order valence-corrected chi connectivity index (χ1v) is 8.89. The SMILES string of the molecule is CC(NC(=O)c1ccc(C#Cc2ccccc2F)cc1)C1CCOCC1. The molecule has 3 rings (SSSR count). The van der Waals surface area contributed by atoms with Crippen molar-refractivity contribution in [3.63, 3.8) is 0 Å². The van der Waals surface area contributed by atoms with E-state index >= 15 is 0 Å². The summed E-state index contributed by atoms with van der Waals surface area (Å²) in [6.07, 6.45) is 1.96. The standard InChI is InChI=1S/C22H22FNO2/c1-16(18-12-14-26-15-13-18)24-22(25)20-10-7-17(8-11-20)6-9-19-4-2-3-5-21(19)23/h2-5,7-8,10-11,16,18H,12-15H2,1H3,(H,24,25). The lowest BCUT2D eigenvalue weighted by Gasteiger charge is -2.28. The molecule has 0 aromatic heterocycles. The lowest BCUT2D eigenvalue weighted by Crippen LogP contribution is -2.40. The van der Waals surface area contributed by atoms with Gasteiger partial charge in [0.05, 0.1) is 5.56 Å². The minimum atomic E-state index is -0.335. The number of hydrogen-bond donors (Lipinski definition) is 1. The first kappa shape index (κ1) is 18.2. The van der Waals surface area contributed by atoms with E-state index < -0.39 is 0 Å². The predicted octanol–water partition coefficient (Wildman–Crippen LogP) is 3.77. The first-order valence-electron chi connectivity index (χ1n) is 8.89. The molecule has 1 amide bonds. The third kappa shape index (κ3) is 4.71. The normalized spacial score (nSPS) is 15.6. The molecule has 3 nitrogen and oxygen atoms in total. The van der Waals surface area contributed by atoms with E-state index in [9.17, 15) is 9.18 Å². The highest BCUT2D eigenvalue weighted by molar-refractivity contribution is 5.94. The second-order valence-corrected chi connectivity index (χ2v) is 6.52. The third-order valence-electron chi connectivity index (χ3n) is 4.69. The Kier molecular flexibility index (Phi) is 6.04. The molecule has 0 radical (unpaired) electrons. The molecule has 26 heavy (non-hydrogen) atoms. The number of amides is 1. The summed E-state index contributed by atoms with van der Waals surface area (Å²) in [5.41, 5.74) is 1.70. The highest BCUT2D eigenvalue weighted by atomic mass is 19.1. The largest absolute Gasteiger partial charge is 0.381 e. The van der Waals surface area contributed by atoms with Crippen LogP contribution in [-0.2, 0) is 4.74 Å². The molecule has 0 aliphatic carbocycles. The molecule has 2 aromatic rings. The van der Waals surface area contributed by atoms with Gasteiger partial charge in [0.2, 0.25) is 0 Å². The van der Waals surface area contributed by atoms with Crippen LogP contribution < -0.4 is 5.32 Å². The highest BCUT2D eigenvalue weighted by Crippen LogP contribution is 2.19. The fraction of sp³-hybridized carbons (Fsp3) is 0.318. The van der Waals surface area contributed by atoms with Crippen molar-refractivity contribution >= 4 is 5.91 Å². The van der Waals surface area contributed by atoms with Gasteiger partial charge >= 0.3 is 0 Å². The summed E-state index contributed by atoms with van der Waals surface area (Å²) in [7, 11) is 0. The van der Waals surface area contributed by atoms with Crippen molar-refractivity contribution in [2.45, 2.75) is 25.8 Å². The Morgan fingerprint density at radius 3 is 2.50 bits per heavy atom. The van der Waals surface area contributed by atoms with Gasteiger partial charge in [0.15, 0.2) is 0 Å². The predicted molar refractivity (Wildman–Crippen MR) is 99.3 cm³/mol. The van der Waals surface area contributed by atoms with Crippen LogP contribution in [0.2, 0.25) is 0 Å². The topological polar surface area (TPSA) is 38.3 Å². The van der Waals surface area contributed by atoms with Gasteiger partial charge in [0.25, 0.3) is 5.91 Å². The van der Waals surface area contributed by atoms with Gasteiger partial charge < -0.3 is 10.1 Å². The molecule has 0 bridgehead atoms. The first-order chi connectivity index (χ1) is 12.6. The number of carbonyl (C=O) groups excluding carboxylic acids is 1. The van der Waals surface area contributed by atoms with E-state index in [2.05, 4.69) is 17.2 Å². The quantitative estimate of drug-likeness (QED) is 0.855. The van der Waals surface area contributed by atoms with Crippen LogP contribution in [0.25, 0.3) is 0 Å². The Hall–Kier alpha value is -2.64. The van der Waals surface area contributed by atoms with Crippen LogP contribution in [0.5, 0.6) is 0 Å². The molecule has 1 atom stereocenters. The molecule has 134 valence electrons. The molecule has 0 spiro atoms. The van der Waals surface area contributed by atoms with Gasteiger partial charge in [-0.15, -0.1) is 0 Å². The van der Waals surface area contributed by atoms with Crippen LogP contribution in [0.3, 0.4) is 0 Å². The van der Waals surface area contributed by atoms with E-state index in [1.165, 1.54) is 6.07 Å². The average molecular weight is 351 g/mol. The van der Waals surface area contributed by atoms with Gasteiger partial charge in [-0.3, -0.25) is 4.79 Å². The zero-order valence-electron chi connectivity index (χ0n) is 14.8. The summed E-state index contributed by atoms with van der Waals surface area (Å²) in [4.78, 5) is 12.4. The maximum Gasteiger partial charge on any atom is 0.251 e. The number of halogens is 1. The van der Waals surface area contributed by atoms with Crippen LogP contribution in [0, 0.1) is 23.6 Å². The van der Waals surface area contributed by atoms with Crippen molar-refractivity contribution < 1.29 is 13.9 Å². The summed E-state index contributed by atoms with van der Waals surface area (Å²) >= 11 is 0. The van der Waals surface area contributed by atoms with Crippen molar-refractivity contribution in [1.29, 1.82) is 0 Å². The lowest BCUT2D eigenvalue weighted by molar-refractivity contribution is 0.0538. The van der Waals surface area contributed by atoms with E-state index in [0.717, 1.165) is 31.6 Å². The number of nitrogens with one attached hydrogen (secondary N) is 1. The maximum absolute atomic E-state index is 13.6. The van der Waals surface area contributed by atoms with Gasteiger partial charge in [-0.1, -0.05) is 24.0 Å². The maximum atomic E-state index is 13.6. The number of carbonyl (C=O) groups is 1. The van der Waals surface area contributed by atoms with Crippen LogP contribution in [0.15, 0.2) is 48.5 Å². The fourth-order valence-corrected chi connectivity index (χ4v) is 3.03. The van der Waals surface area contributed by atoms with Gasteiger partial charge in [0, 0.05) is 30.4 Å². The van der Waals surface area contributed by atoms with Crippen molar-refractivity contribution in [2.24, 2.45) is 5.92 Å². The summed E-state index contributed by atoms with van der Waals surface area (Å²) in [6, 6.07) is 13.6. The van der Waals surface area contributed by atoms with Crippen LogP contribution in [-0.4, -0.2) is 25.2 Å².